The highest BCUT2D eigenvalue weighted by Crippen LogP contribution is 2.44. The summed E-state index contributed by atoms with van der Waals surface area (Å²) in [5, 5.41) is 11.6. The van der Waals surface area contributed by atoms with Crippen LogP contribution in [0.25, 0.3) is 5.76 Å². The number of aromatic nitrogens is 1. The van der Waals surface area contributed by atoms with E-state index in [-0.39, 0.29) is 27.8 Å². The summed E-state index contributed by atoms with van der Waals surface area (Å²) < 4.78 is 19.3. The zero-order valence-corrected chi connectivity index (χ0v) is 20.8. The lowest BCUT2D eigenvalue weighted by Gasteiger charge is -2.23. The van der Waals surface area contributed by atoms with Crippen molar-refractivity contribution in [3.8, 4) is 0 Å². The van der Waals surface area contributed by atoms with Crippen LogP contribution in [0.3, 0.4) is 0 Å². The molecule has 1 aliphatic rings. The molecule has 2 aromatic carbocycles. The molecule has 1 aromatic heterocycles. The number of Topliss-reactive ketones (excluding diaryl/α,β-unsaturated/α-hetero) is 1. The molecule has 0 spiro atoms. The summed E-state index contributed by atoms with van der Waals surface area (Å²) >= 11 is 6.92. The molecule has 0 saturated carbocycles. The molecule has 184 valence electrons. The molecule has 1 fully saturated rings. The zero-order chi connectivity index (χ0) is 26.1. The standard InChI is InChI=1S/C26H20ClFN2O5S/c1-4-11-35-25(34)23-14(3)29-26(36-23)30-20(15-7-9-17(27)10-8-15)19(22(32)24(30)33)21(31)16-6-5-13(2)18(28)12-16/h4-10,12,20,31H,1,11H2,2-3H3/t20-/m0/s1. The van der Waals surface area contributed by atoms with E-state index in [0.29, 0.717) is 21.8 Å². The quantitative estimate of drug-likeness (QED) is 0.149. The Morgan fingerprint density at radius 1 is 1.25 bits per heavy atom. The smallest absolute Gasteiger partial charge is 0.350 e. The maximum atomic E-state index is 14.2. The Balaban J connectivity index is 1.89. The number of hydrogen-bond donors (Lipinski definition) is 1. The molecular formula is C26H20ClFN2O5S. The molecule has 0 unspecified atom stereocenters. The number of aliphatic hydroxyl groups excluding tert-OH is 1. The van der Waals surface area contributed by atoms with Crippen LogP contribution in [-0.2, 0) is 14.3 Å². The number of thiazole rings is 1. The third kappa shape index (κ3) is 4.55. The second-order valence-electron chi connectivity index (χ2n) is 7.98. The van der Waals surface area contributed by atoms with Gasteiger partial charge in [-0.3, -0.25) is 14.5 Å². The molecule has 7 nitrogen and oxygen atoms in total. The summed E-state index contributed by atoms with van der Waals surface area (Å²) in [4.78, 5) is 44.5. The van der Waals surface area contributed by atoms with Crippen molar-refractivity contribution in [3.63, 3.8) is 0 Å². The summed E-state index contributed by atoms with van der Waals surface area (Å²) in [5.74, 6) is -3.69. The monoisotopic (exact) mass is 526 g/mol. The maximum absolute atomic E-state index is 14.2. The van der Waals surface area contributed by atoms with E-state index in [9.17, 15) is 23.9 Å². The number of ketones is 1. The number of ether oxygens (including phenoxy) is 1. The molecule has 2 heterocycles. The van der Waals surface area contributed by atoms with Gasteiger partial charge >= 0.3 is 11.9 Å². The van der Waals surface area contributed by atoms with E-state index in [1.54, 1.807) is 38.1 Å². The van der Waals surface area contributed by atoms with Gasteiger partial charge in [0.1, 0.15) is 23.1 Å². The van der Waals surface area contributed by atoms with Crippen molar-refractivity contribution < 1.29 is 28.6 Å². The number of carbonyl (C=O) groups excluding carboxylic acids is 3. The minimum absolute atomic E-state index is 0.00605. The van der Waals surface area contributed by atoms with Crippen molar-refractivity contribution in [2.45, 2.75) is 19.9 Å². The number of carbonyl (C=O) groups is 3. The number of rotatable bonds is 6. The molecule has 0 bridgehead atoms. The fourth-order valence-electron chi connectivity index (χ4n) is 3.76. The van der Waals surface area contributed by atoms with Gasteiger partial charge < -0.3 is 9.84 Å². The lowest BCUT2D eigenvalue weighted by atomic mass is 9.95. The van der Waals surface area contributed by atoms with Gasteiger partial charge in [0.05, 0.1) is 17.3 Å². The van der Waals surface area contributed by atoms with Gasteiger partial charge in [0, 0.05) is 10.6 Å². The number of amides is 1. The Morgan fingerprint density at radius 2 is 1.94 bits per heavy atom. The Labute approximate surface area is 215 Å². The summed E-state index contributed by atoms with van der Waals surface area (Å²) in [6.45, 7) is 6.64. The van der Waals surface area contributed by atoms with E-state index in [4.69, 9.17) is 16.3 Å². The number of hydrogen-bond acceptors (Lipinski definition) is 7. The van der Waals surface area contributed by atoms with Gasteiger partial charge in [-0.1, -0.05) is 59.9 Å². The van der Waals surface area contributed by atoms with Gasteiger partial charge in [-0.25, -0.2) is 14.2 Å². The van der Waals surface area contributed by atoms with E-state index in [1.165, 1.54) is 18.2 Å². The molecule has 1 N–H and O–H groups in total. The Kier molecular flexibility index (Phi) is 7.05. The number of anilines is 1. The van der Waals surface area contributed by atoms with Crippen molar-refractivity contribution >= 4 is 51.5 Å². The normalized spacial score (nSPS) is 16.9. The largest absolute Gasteiger partial charge is 0.507 e. The predicted molar refractivity (Wildman–Crippen MR) is 135 cm³/mol. The lowest BCUT2D eigenvalue weighted by molar-refractivity contribution is -0.132. The second-order valence-corrected chi connectivity index (χ2v) is 9.40. The van der Waals surface area contributed by atoms with Crippen LogP contribution in [0.4, 0.5) is 9.52 Å². The fraction of sp³-hybridized carbons (Fsp3) is 0.154. The van der Waals surface area contributed by atoms with Crippen LogP contribution >= 0.6 is 22.9 Å². The number of halogens is 2. The van der Waals surface area contributed by atoms with E-state index >= 15 is 0 Å². The molecule has 36 heavy (non-hydrogen) atoms. The number of aryl methyl sites for hydroxylation is 2. The second kappa shape index (κ2) is 10.0. The third-order valence-corrected chi connectivity index (χ3v) is 6.97. The van der Waals surface area contributed by atoms with Crippen LogP contribution in [0.15, 0.2) is 60.7 Å². The maximum Gasteiger partial charge on any atom is 0.350 e. The van der Waals surface area contributed by atoms with Crippen molar-refractivity contribution in [1.29, 1.82) is 0 Å². The van der Waals surface area contributed by atoms with Gasteiger partial charge in [-0.15, -0.1) is 0 Å². The van der Waals surface area contributed by atoms with Crippen molar-refractivity contribution in [2.75, 3.05) is 11.5 Å². The van der Waals surface area contributed by atoms with Crippen LogP contribution in [0.2, 0.25) is 5.02 Å². The fourth-order valence-corrected chi connectivity index (χ4v) is 4.87. The van der Waals surface area contributed by atoms with Gasteiger partial charge in [-0.2, -0.15) is 0 Å². The van der Waals surface area contributed by atoms with Crippen LogP contribution < -0.4 is 4.90 Å². The van der Waals surface area contributed by atoms with Crippen LogP contribution in [0.5, 0.6) is 0 Å². The van der Waals surface area contributed by atoms with E-state index in [1.807, 2.05) is 0 Å². The molecule has 0 radical (unpaired) electrons. The van der Waals surface area contributed by atoms with Gasteiger partial charge in [0.25, 0.3) is 5.78 Å². The molecule has 1 amide bonds. The number of esters is 1. The lowest BCUT2D eigenvalue weighted by Crippen LogP contribution is -2.29. The Bertz CT molecular complexity index is 1430. The van der Waals surface area contributed by atoms with E-state index in [0.717, 1.165) is 22.3 Å². The minimum Gasteiger partial charge on any atom is -0.507 e. The summed E-state index contributed by atoms with van der Waals surface area (Å²) in [6.07, 6.45) is 1.42. The number of nitrogens with zero attached hydrogens (tertiary/aromatic N) is 2. The van der Waals surface area contributed by atoms with Crippen LogP contribution in [-0.4, -0.2) is 34.4 Å². The molecule has 4 rings (SSSR count). The van der Waals surface area contributed by atoms with Gasteiger partial charge in [0.2, 0.25) is 0 Å². The van der Waals surface area contributed by atoms with Gasteiger partial charge in [0.15, 0.2) is 5.13 Å². The van der Waals surface area contributed by atoms with Crippen LogP contribution in [0, 0.1) is 19.7 Å². The highest BCUT2D eigenvalue weighted by atomic mass is 35.5. The first-order valence-corrected chi connectivity index (χ1v) is 11.9. The van der Waals surface area contributed by atoms with Crippen molar-refractivity contribution in [3.05, 3.63) is 98.8 Å². The minimum atomic E-state index is -1.10. The average molecular weight is 527 g/mol. The number of aliphatic hydroxyl groups is 1. The Hall–Kier alpha value is -3.82. The third-order valence-electron chi connectivity index (χ3n) is 5.58. The van der Waals surface area contributed by atoms with E-state index < -0.39 is 35.3 Å². The first kappa shape index (κ1) is 25.3. The van der Waals surface area contributed by atoms with Gasteiger partial charge in [-0.05, 0) is 43.2 Å². The molecule has 1 saturated heterocycles. The SMILES string of the molecule is C=CCOC(=O)c1sc(N2C(=O)C(=O)C(=C(O)c3ccc(C)c(F)c3)[C@@H]2c2ccc(Cl)cc2)nc1C. The number of benzene rings is 2. The van der Waals surface area contributed by atoms with Crippen LogP contribution in [0.1, 0.15) is 38.1 Å². The Morgan fingerprint density at radius 3 is 2.58 bits per heavy atom. The first-order chi connectivity index (χ1) is 17.1. The molecule has 10 heteroatoms. The topological polar surface area (TPSA) is 96.8 Å². The highest BCUT2D eigenvalue weighted by molar-refractivity contribution is 7.17. The summed E-state index contributed by atoms with van der Waals surface area (Å²) in [5.41, 5.74) is 0.918. The van der Waals surface area contributed by atoms with E-state index in [2.05, 4.69) is 11.6 Å². The highest BCUT2D eigenvalue weighted by Gasteiger charge is 2.48. The first-order valence-electron chi connectivity index (χ1n) is 10.7. The zero-order valence-electron chi connectivity index (χ0n) is 19.2. The molecular weight excluding hydrogens is 507 g/mol. The average Bonchev–Trinajstić information content (AvgIpc) is 3.36. The predicted octanol–water partition coefficient (Wildman–Crippen LogP) is 5.52. The van der Waals surface area contributed by atoms with Crippen molar-refractivity contribution in [1.82, 2.24) is 4.98 Å². The summed E-state index contributed by atoms with van der Waals surface area (Å²) in [6, 6.07) is 9.28. The molecule has 1 aliphatic heterocycles. The molecule has 3 aromatic rings. The summed E-state index contributed by atoms with van der Waals surface area (Å²) in [7, 11) is 0. The van der Waals surface area contributed by atoms with Crippen molar-refractivity contribution in [2.24, 2.45) is 0 Å². The molecule has 1 atom stereocenters. The molecule has 0 aliphatic carbocycles.